The Bertz CT molecular complexity index is 574. The molecule has 0 bridgehead atoms. The molecule has 0 atom stereocenters. The summed E-state index contributed by atoms with van der Waals surface area (Å²) in [6, 6.07) is 0. The van der Waals surface area contributed by atoms with Gasteiger partial charge in [0.1, 0.15) is 0 Å². The molecule has 121 valence electrons. The first kappa shape index (κ1) is 18.4. The van der Waals surface area contributed by atoms with Crippen molar-refractivity contribution >= 4 is 6.66 Å². The molecule has 0 aliphatic heterocycles. The Morgan fingerprint density at radius 2 is 1.20 bits per heavy atom. The third kappa shape index (κ3) is 2.18. The summed E-state index contributed by atoms with van der Waals surface area (Å²) in [4.78, 5) is 0. The van der Waals surface area contributed by atoms with E-state index in [2.05, 4.69) is 93.3 Å². The van der Waals surface area contributed by atoms with Gasteiger partial charge in [0.2, 0.25) is 0 Å². The summed E-state index contributed by atoms with van der Waals surface area (Å²) in [5.74, 6) is 0. The van der Waals surface area contributed by atoms with Crippen LogP contribution in [0.3, 0.4) is 0 Å². The van der Waals surface area contributed by atoms with Gasteiger partial charge in [-0.2, -0.15) is 0 Å². The van der Waals surface area contributed by atoms with Gasteiger partial charge in [0.05, 0.1) is 0 Å². The fraction of sp³-hybridized carbons (Fsp3) is 0.765. The van der Waals surface area contributed by atoms with E-state index in [1.807, 2.05) is 0 Å². The van der Waals surface area contributed by atoms with Crippen molar-refractivity contribution in [3.63, 3.8) is 0 Å². The predicted octanol–water partition coefficient (Wildman–Crippen LogP) is 6.31. The van der Waals surface area contributed by atoms with E-state index in [1.54, 1.807) is 0 Å². The molecule has 0 amide bonds. The summed E-state index contributed by atoms with van der Waals surface area (Å²) in [6.45, 7) is 10.9. The molecule has 20 heavy (non-hydrogen) atoms. The van der Waals surface area contributed by atoms with Gasteiger partial charge in [0, 0.05) is 0 Å². The zero-order valence-corrected chi connectivity index (χ0v) is 18.7. The van der Waals surface area contributed by atoms with E-state index < -0.39 is 16.4 Å². The fourth-order valence-corrected chi connectivity index (χ4v) is 27.0. The van der Waals surface area contributed by atoms with Gasteiger partial charge in [0.25, 0.3) is 0 Å². The van der Waals surface area contributed by atoms with E-state index in [0.29, 0.717) is 4.22 Å². The van der Waals surface area contributed by atoms with Crippen molar-refractivity contribution in [3.8, 4) is 0 Å². The zero-order chi connectivity index (χ0) is 16.5. The van der Waals surface area contributed by atoms with Gasteiger partial charge in [-0.15, -0.1) is 0 Å². The van der Waals surface area contributed by atoms with Crippen LogP contribution in [0.5, 0.6) is 0 Å². The van der Waals surface area contributed by atoms with Crippen LogP contribution >= 0.6 is 0 Å². The molecule has 0 aromatic rings. The second-order valence-electron chi connectivity index (χ2n) is 17.7. The van der Waals surface area contributed by atoms with E-state index in [1.165, 1.54) is 0 Å². The van der Waals surface area contributed by atoms with E-state index in [-0.39, 0.29) is 5.54 Å². The molecule has 1 aliphatic rings. The van der Waals surface area contributed by atoms with Gasteiger partial charge in [-0.25, -0.2) is 0 Å². The number of hydrogen-bond donors (Lipinski definition) is 1. The molecule has 1 rings (SSSR count). The molecule has 0 saturated heterocycles. The topological polar surface area (TPSA) is 12.0 Å². The van der Waals surface area contributed by atoms with E-state index in [0.717, 1.165) is 0 Å². The number of nitrogens with one attached hydrogen (secondary N) is 1. The molecule has 0 unspecified atom stereocenters. The summed E-state index contributed by atoms with van der Waals surface area (Å²) < 4.78 is 4.83. The van der Waals surface area contributed by atoms with Crippen LogP contribution < -0.4 is 3.80 Å². The number of hydrogen-bond acceptors (Lipinski definition) is 1. The first-order valence-electron chi connectivity index (χ1n) is 8.40. The second kappa shape index (κ2) is 2.30. The number of allylic oxidation sites excluding steroid dienone is 4. The Balaban J connectivity index is 4.17. The second-order valence-corrected chi connectivity index (χ2v) is 84.1. The SMILES string of the molecule is C[SiH](C)[Ti]([CH3])([CH3])([CH3])([CH3])([CH3])([CH3])([NH]C(C)(C)C)[CH]1C=CC=C1. The zero-order valence-electron chi connectivity index (χ0n) is 16.0. The van der Waals surface area contributed by atoms with E-state index in [4.69, 9.17) is 0 Å². The normalized spacial score (nSPS) is 28.1. The van der Waals surface area contributed by atoms with Gasteiger partial charge in [0.15, 0.2) is 0 Å². The van der Waals surface area contributed by atoms with E-state index >= 15 is 0 Å². The molecule has 0 fully saturated rings. The fourth-order valence-electron chi connectivity index (χ4n) is 5.09. The Labute approximate surface area is 119 Å². The van der Waals surface area contributed by atoms with Crippen molar-refractivity contribution in [2.24, 2.45) is 0 Å². The minimum atomic E-state index is -4.89. The van der Waals surface area contributed by atoms with Crippen LogP contribution in [-0.4, -0.2) is 12.2 Å². The molecular weight excluding hydrogens is 294 g/mol. The molecule has 1 aliphatic carbocycles. The molecule has 3 heteroatoms. The first-order chi connectivity index (χ1) is 7.95. The minimum absolute atomic E-state index is 0.0706. The molecule has 0 heterocycles. The maximum absolute atomic E-state index is 4.89. The van der Waals surface area contributed by atoms with Crippen molar-refractivity contribution in [1.82, 2.24) is 3.80 Å². The standard InChI is InChI=1S/C5H5.C4H10N.C2H7Si.6CH3.Ti/c1-2-4-5-3-1;1-4(2,3)5;1-3-2;;;;;;;/h1-5H;5H,1-3H3;3H,1-2H3;6*1H3;/q;-1;;;;;;;;+1. The molecule has 0 spiro atoms. The van der Waals surface area contributed by atoms with Gasteiger partial charge in [-0.05, 0) is 0 Å². The quantitative estimate of drug-likeness (QED) is 0.596. The average molecular weight is 334 g/mol. The molecule has 1 nitrogen and oxygen atoms in total. The average Bonchev–Trinajstić information content (AvgIpc) is 2.46. The van der Waals surface area contributed by atoms with Gasteiger partial charge in [-0.1, -0.05) is 0 Å². The van der Waals surface area contributed by atoms with Crippen molar-refractivity contribution in [2.45, 2.75) is 75.0 Å². The van der Waals surface area contributed by atoms with E-state index in [9.17, 15) is 0 Å². The van der Waals surface area contributed by atoms with Crippen molar-refractivity contribution in [2.75, 3.05) is 0 Å². The maximum atomic E-state index is 4.37. The van der Waals surface area contributed by atoms with Crippen LogP contribution in [-0.2, 0) is 9.69 Å². The predicted molar refractivity (Wildman–Crippen MR) is 99.0 cm³/mol. The van der Waals surface area contributed by atoms with Crippen molar-refractivity contribution in [1.29, 1.82) is 0 Å². The Morgan fingerprint density at radius 3 is 1.45 bits per heavy atom. The van der Waals surface area contributed by atoms with Crippen LogP contribution in [0.2, 0.25) is 48.7 Å². The van der Waals surface area contributed by atoms with Crippen LogP contribution in [0, 0.1) is 0 Å². The Hall–Kier alpha value is 0.371. The van der Waals surface area contributed by atoms with Crippen LogP contribution in [0.4, 0.5) is 0 Å². The molecule has 0 aromatic carbocycles. The van der Waals surface area contributed by atoms with Crippen LogP contribution in [0.25, 0.3) is 0 Å². The van der Waals surface area contributed by atoms with Crippen LogP contribution in [0.1, 0.15) is 20.8 Å². The molecule has 0 saturated carbocycles. The van der Waals surface area contributed by atoms with Crippen molar-refractivity contribution in [3.05, 3.63) is 24.3 Å². The third-order valence-corrected chi connectivity index (χ3v) is 69.0. The summed E-state index contributed by atoms with van der Waals surface area (Å²) in [5, 5.41) is 15.9. The van der Waals surface area contributed by atoms with Gasteiger partial charge >= 0.3 is 119 Å². The van der Waals surface area contributed by atoms with Gasteiger partial charge in [-0.3, -0.25) is 0 Å². The summed E-state index contributed by atoms with van der Waals surface area (Å²) in [7, 11) is -4.89. The first-order valence-corrected chi connectivity index (χ1v) is 25.0. The molecule has 0 radical (unpaired) electrons. The molecule has 1 N–H and O–H groups in total. The third-order valence-electron chi connectivity index (χ3n) is 8.46. The Morgan fingerprint density at radius 1 is 0.850 bits per heavy atom. The van der Waals surface area contributed by atoms with Crippen LogP contribution in [0.15, 0.2) is 24.3 Å². The summed E-state index contributed by atoms with van der Waals surface area (Å²) in [6.07, 6.45) is 9.35. The monoisotopic (exact) mass is 334 g/mol. The molecular formula is C17H40NSiTi. The van der Waals surface area contributed by atoms with Gasteiger partial charge < -0.3 is 0 Å². The Kier molecular flexibility index (Phi) is 2.11. The summed E-state index contributed by atoms with van der Waals surface area (Å²) in [5.41, 5.74) is 0.0706. The van der Waals surface area contributed by atoms with Crippen molar-refractivity contribution < 1.29 is 9.69 Å². The summed E-state index contributed by atoms with van der Waals surface area (Å²) >= 11 is 0. The molecule has 0 aromatic heterocycles. The number of rotatable bonds is 3.